The van der Waals surface area contributed by atoms with Crippen molar-refractivity contribution < 1.29 is 40.6 Å². The van der Waals surface area contributed by atoms with Crippen molar-refractivity contribution in [3.63, 3.8) is 0 Å². The van der Waals surface area contributed by atoms with Crippen LogP contribution in [0.4, 0.5) is 0 Å². The molecule has 140 valence electrons. The van der Waals surface area contributed by atoms with Gasteiger partial charge in [-0.3, -0.25) is 14.5 Å². The average Bonchev–Trinajstić information content (AvgIpc) is 3.10. The van der Waals surface area contributed by atoms with E-state index >= 15 is 0 Å². The molecule has 25 heavy (non-hydrogen) atoms. The lowest BCUT2D eigenvalue weighted by Crippen LogP contribution is -3.00. The van der Waals surface area contributed by atoms with Crippen LogP contribution in [0, 0.1) is 23.7 Å². The molecule has 1 saturated heterocycles. The second kappa shape index (κ2) is 7.19. The number of amides is 2. The highest BCUT2D eigenvalue weighted by molar-refractivity contribution is 6.06. The lowest BCUT2D eigenvalue weighted by atomic mass is 9.85. The normalized spacial score (nSPS) is 30.0. The highest BCUT2D eigenvalue weighted by atomic mass is 79.9. The first-order valence-electron chi connectivity index (χ1n) is 8.74. The maximum Gasteiger partial charge on any atom is 0.362 e. The number of nitrogens with zero attached hydrogens (tertiary/aromatic N) is 2. The summed E-state index contributed by atoms with van der Waals surface area (Å²) in [6.45, 7) is 4.79. The highest BCUT2D eigenvalue weighted by Crippen LogP contribution is 2.52. The van der Waals surface area contributed by atoms with E-state index in [1.807, 2.05) is 27.9 Å². The summed E-state index contributed by atoms with van der Waals surface area (Å²) in [6.07, 6.45) is 5.01. The van der Waals surface area contributed by atoms with Crippen molar-refractivity contribution >= 4 is 17.8 Å². The molecule has 2 amide bonds. The molecule has 3 aliphatic rings. The van der Waals surface area contributed by atoms with Crippen LogP contribution in [0.2, 0.25) is 0 Å². The van der Waals surface area contributed by atoms with E-state index in [0.29, 0.717) is 17.6 Å². The number of carbonyl (C=O) groups excluding carboxylic acids is 3. The number of imide groups is 1. The van der Waals surface area contributed by atoms with Crippen LogP contribution in [0.1, 0.15) is 20.3 Å². The topological polar surface area (TPSA) is 63.7 Å². The van der Waals surface area contributed by atoms with Gasteiger partial charge in [0.05, 0.1) is 45.1 Å². The van der Waals surface area contributed by atoms with Gasteiger partial charge in [0.15, 0.2) is 6.54 Å². The number of fused-ring (bicyclic) bond motifs is 5. The Morgan fingerprint density at radius 2 is 1.72 bits per heavy atom. The molecular formula is C18H27BrN2O4. The Balaban J connectivity index is 0.00000225. The minimum absolute atomic E-state index is 0. The second-order valence-electron chi connectivity index (χ2n) is 8.18. The van der Waals surface area contributed by atoms with Gasteiger partial charge < -0.3 is 26.2 Å². The molecule has 6 nitrogen and oxygen atoms in total. The van der Waals surface area contributed by atoms with Crippen LogP contribution in [-0.2, 0) is 19.1 Å². The Labute approximate surface area is 159 Å². The van der Waals surface area contributed by atoms with E-state index in [2.05, 4.69) is 12.2 Å². The van der Waals surface area contributed by atoms with E-state index in [4.69, 9.17) is 4.74 Å². The van der Waals surface area contributed by atoms with Gasteiger partial charge >= 0.3 is 5.97 Å². The zero-order valence-corrected chi connectivity index (χ0v) is 16.9. The first kappa shape index (κ1) is 20.1. The molecule has 1 saturated carbocycles. The fourth-order valence-corrected chi connectivity index (χ4v) is 4.28. The van der Waals surface area contributed by atoms with Gasteiger partial charge in [0.25, 0.3) is 0 Å². The molecule has 1 aliphatic heterocycles. The molecule has 4 atom stereocenters. The molecule has 0 aromatic rings. The van der Waals surface area contributed by atoms with Gasteiger partial charge in [0.2, 0.25) is 11.8 Å². The number of esters is 1. The van der Waals surface area contributed by atoms with Crippen molar-refractivity contribution in [2.75, 3.05) is 33.7 Å². The number of ether oxygens (including phenoxy) is 1. The number of likely N-dealkylation sites (N-methyl/N-ethyl adjacent to an activating group) is 1. The molecule has 7 heteroatoms. The van der Waals surface area contributed by atoms with Crippen molar-refractivity contribution in [2.45, 2.75) is 26.4 Å². The summed E-state index contributed by atoms with van der Waals surface area (Å²) in [7, 11) is 3.83. The SMILES string of the molecule is CC(C)OC(=O)C[N+](C)(C)CCN1C(=O)C2C3C=CC(C3)C2C1=O.[Br-]. The number of carbonyl (C=O) groups is 3. The molecule has 0 aromatic heterocycles. The third-order valence-electron chi connectivity index (χ3n) is 5.41. The molecule has 3 rings (SSSR count). The summed E-state index contributed by atoms with van der Waals surface area (Å²) in [6, 6.07) is 0. The quantitative estimate of drug-likeness (QED) is 0.214. The number of likely N-dealkylation sites (tertiary alicyclic amines) is 1. The minimum atomic E-state index is -0.256. The Bertz CT molecular complexity index is 572. The zero-order chi connectivity index (χ0) is 17.6. The Hall–Kier alpha value is -1.21. The predicted octanol–water partition coefficient (Wildman–Crippen LogP) is -2.17. The van der Waals surface area contributed by atoms with Gasteiger partial charge in [0, 0.05) is 0 Å². The summed E-state index contributed by atoms with van der Waals surface area (Å²) in [4.78, 5) is 38.6. The van der Waals surface area contributed by atoms with Crippen molar-refractivity contribution in [3.8, 4) is 0 Å². The number of halogens is 1. The fraction of sp³-hybridized carbons (Fsp3) is 0.722. The van der Waals surface area contributed by atoms with Crippen LogP contribution < -0.4 is 17.0 Å². The lowest BCUT2D eigenvalue weighted by molar-refractivity contribution is -0.882. The molecule has 0 N–H and O–H groups in total. The molecule has 1 heterocycles. The smallest absolute Gasteiger partial charge is 0.362 e. The molecule has 2 aliphatic carbocycles. The first-order valence-corrected chi connectivity index (χ1v) is 8.74. The minimum Gasteiger partial charge on any atom is -1.00 e. The van der Waals surface area contributed by atoms with Crippen LogP contribution in [0.5, 0.6) is 0 Å². The number of hydrogen-bond acceptors (Lipinski definition) is 4. The van der Waals surface area contributed by atoms with Crippen molar-refractivity contribution in [2.24, 2.45) is 23.7 Å². The summed E-state index contributed by atoms with van der Waals surface area (Å²) < 4.78 is 5.58. The van der Waals surface area contributed by atoms with Crippen LogP contribution in [0.25, 0.3) is 0 Å². The molecule has 2 bridgehead atoms. The Kier molecular flexibility index (Phi) is 5.78. The van der Waals surface area contributed by atoms with Crippen molar-refractivity contribution in [1.29, 1.82) is 0 Å². The maximum atomic E-state index is 12.6. The number of rotatable bonds is 6. The molecular weight excluding hydrogens is 388 g/mol. The molecule has 0 aromatic carbocycles. The average molecular weight is 415 g/mol. The van der Waals surface area contributed by atoms with E-state index in [1.165, 1.54) is 4.90 Å². The molecule has 4 unspecified atom stereocenters. The third kappa shape index (κ3) is 3.82. The van der Waals surface area contributed by atoms with Crippen LogP contribution in [-0.4, -0.2) is 67.0 Å². The van der Waals surface area contributed by atoms with Gasteiger partial charge in [-0.25, -0.2) is 4.79 Å². The first-order chi connectivity index (χ1) is 11.2. The molecule has 0 spiro atoms. The Morgan fingerprint density at radius 1 is 1.20 bits per heavy atom. The number of allylic oxidation sites excluding steroid dienone is 2. The highest BCUT2D eigenvalue weighted by Gasteiger charge is 2.59. The zero-order valence-electron chi connectivity index (χ0n) is 15.3. The largest absolute Gasteiger partial charge is 1.00 e. The van der Waals surface area contributed by atoms with Crippen LogP contribution >= 0.6 is 0 Å². The number of quaternary nitrogens is 1. The maximum absolute atomic E-state index is 12.6. The summed E-state index contributed by atoms with van der Waals surface area (Å²) in [5, 5.41) is 0. The van der Waals surface area contributed by atoms with Gasteiger partial charge in [-0.1, -0.05) is 12.2 Å². The number of hydrogen-bond donors (Lipinski definition) is 0. The third-order valence-corrected chi connectivity index (χ3v) is 5.41. The van der Waals surface area contributed by atoms with E-state index in [-0.39, 0.29) is 71.1 Å². The summed E-state index contributed by atoms with van der Waals surface area (Å²) >= 11 is 0. The van der Waals surface area contributed by atoms with Crippen LogP contribution in [0.3, 0.4) is 0 Å². The Morgan fingerprint density at radius 3 is 2.20 bits per heavy atom. The summed E-state index contributed by atoms with van der Waals surface area (Å²) in [5.74, 6) is -0.107. The van der Waals surface area contributed by atoms with Gasteiger partial charge in [-0.05, 0) is 32.1 Å². The van der Waals surface area contributed by atoms with Gasteiger partial charge in [0.1, 0.15) is 0 Å². The van der Waals surface area contributed by atoms with Gasteiger partial charge in [-0.15, -0.1) is 0 Å². The van der Waals surface area contributed by atoms with Crippen molar-refractivity contribution in [3.05, 3.63) is 12.2 Å². The molecule has 2 fully saturated rings. The van der Waals surface area contributed by atoms with Crippen molar-refractivity contribution in [1.82, 2.24) is 4.90 Å². The fourth-order valence-electron chi connectivity index (χ4n) is 4.28. The lowest BCUT2D eigenvalue weighted by Gasteiger charge is -2.30. The van der Waals surface area contributed by atoms with E-state index in [9.17, 15) is 14.4 Å². The second-order valence-corrected chi connectivity index (χ2v) is 8.18. The van der Waals surface area contributed by atoms with Crippen LogP contribution in [0.15, 0.2) is 12.2 Å². The van der Waals surface area contributed by atoms with E-state index in [1.54, 1.807) is 0 Å². The molecule has 0 radical (unpaired) electrons. The van der Waals surface area contributed by atoms with Gasteiger partial charge in [-0.2, -0.15) is 0 Å². The monoisotopic (exact) mass is 414 g/mol. The van der Waals surface area contributed by atoms with E-state index in [0.717, 1.165) is 6.42 Å². The predicted molar refractivity (Wildman–Crippen MR) is 87.5 cm³/mol. The standard InChI is InChI=1S/C18H27N2O4.BrH/c1-11(2)24-14(21)10-20(3,4)8-7-19-17(22)15-12-5-6-13(9-12)16(15)18(19)23;/h5-6,11-13,15-16H,7-10H2,1-4H3;1H/q+1;/p-1. The van der Waals surface area contributed by atoms with E-state index < -0.39 is 0 Å². The summed E-state index contributed by atoms with van der Waals surface area (Å²) in [5.41, 5.74) is 0.